The van der Waals surface area contributed by atoms with Crippen LogP contribution in [0.1, 0.15) is 0 Å². The van der Waals surface area contributed by atoms with E-state index < -0.39 is 11.6 Å². The molecule has 0 spiro atoms. The predicted molar refractivity (Wildman–Crippen MR) is 68.3 cm³/mol. The molecule has 0 aliphatic carbocycles. The number of nitrogens with one attached hydrogen (secondary N) is 1. The number of nitrogens with zero attached hydrogens (tertiary/aromatic N) is 1. The lowest BCUT2D eigenvalue weighted by Crippen LogP contribution is -2.02. The van der Waals surface area contributed by atoms with Gasteiger partial charge in [0.25, 0.3) is 0 Å². The summed E-state index contributed by atoms with van der Waals surface area (Å²) >= 11 is 11.5. The lowest BCUT2D eigenvalue weighted by atomic mass is 10.3. The molecule has 0 radical (unpaired) electrons. The lowest BCUT2D eigenvalue weighted by Gasteiger charge is -2.10. The van der Waals surface area contributed by atoms with E-state index in [0.29, 0.717) is 0 Å². The Labute approximate surface area is 112 Å². The average Bonchev–Trinajstić information content (AvgIpc) is 2.30. The molecule has 1 heterocycles. The van der Waals surface area contributed by atoms with Crippen LogP contribution >= 0.6 is 23.2 Å². The minimum atomic E-state index is -0.763. The molecule has 1 aromatic carbocycles. The molecule has 0 fully saturated rings. The first-order valence-electron chi connectivity index (χ1n) is 4.81. The number of aromatic nitrogens is 1. The molecule has 94 valence electrons. The van der Waals surface area contributed by atoms with E-state index in [1.54, 1.807) is 0 Å². The number of halogens is 4. The highest BCUT2D eigenvalue weighted by Gasteiger charge is 2.12. The van der Waals surface area contributed by atoms with E-state index in [1.165, 1.54) is 12.1 Å². The number of pyridine rings is 1. The molecule has 3 nitrogen and oxygen atoms in total. The molecule has 0 aliphatic heterocycles. The van der Waals surface area contributed by atoms with Crippen molar-refractivity contribution in [2.45, 2.75) is 0 Å². The van der Waals surface area contributed by atoms with E-state index in [9.17, 15) is 8.78 Å². The van der Waals surface area contributed by atoms with Gasteiger partial charge in [-0.1, -0.05) is 29.3 Å². The highest BCUT2D eigenvalue weighted by Crippen LogP contribution is 2.31. The number of hydrogen-bond donors (Lipinski definition) is 2. The molecular formula is C11H7Cl2F2N3. The maximum atomic E-state index is 13.4. The fraction of sp³-hybridized carbons (Fsp3) is 0. The normalized spacial score (nSPS) is 10.4. The Balaban J connectivity index is 2.43. The van der Waals surface area contributed by atoms with Crippen molar-refractivity contribution in [2.24, 2.45) is 0 Å². The van der Waals surface area contributed by atoms with Crippen molar-refractivity contribution in [3.05, 3.63) is 45.9 Å². The van der Waals surface area contributed by atoms with Gasteiger partial charge in [-0.15, -0.1) is 0 Å². The minimum absolute atomic E-state index is 0.0142. The molecule has 0 unspecified atom stereocenters. The van der Waals surface area contributed by atoms with Crippen LogP contribution in [-0.4, -0.2) is 4.98 Å². The number of anilines is 3. The molecule has 0 aliphatic rings. The minimum Gasteiger partial charge on any atom is -0.382 e. The number of para-hydroxylation sites is 1. The zero-order valence-corrected chi connectivity index (χ0v) is 10.4. The van der Waals surface area contributed by atoms with Crippen LogP contribution < -0.4 is 11.1 Å². The maximum Gasteiger partial charge on any atom is 0.151 e. The van der Waals surface area contributed by atoms with Gasteiger partial charge in [-0.25, -0.2) is 13.8 Å². The summed E-state index contributed by atoms with van der Waals surface area (Å²) in [6.07, 6.45) is 0. The first-order valence-corrected chi connectivity index (χ1v) is 5.57. The van der Waals surface area contributed by atoms with Crippen molar-refractivity contribution in [3.63, 3.8) is 0 Å². The van der Waals surface area contributed by atoms with Crippen LogP contribution in [0.25, 0.3) is 0 Å². The summed E-state index contributed by atoms with van der Waals surface area (Å²) in [6.45, 7) is 0. The first kappa shape index (κ1) is 12.9. The summed E-state index contributed by atoms with van der Waals surface area (Å²) in [5, 5.41) is 2.72. The number of rotatable bonds is 2. The van der Waals surface area contributed by atoms with Gasteiger partial charge < -0.3 is 11.1 Å². The smallest absolute Gasteiger partial charge is 0.151 e. The summed E-state index contributed by atoms with van der Waals surface area (Å²) in [4.78, 5) is 3.82. The standard InChI is InChI=1S/C11H7Cl2F2N3/c12-5-4-6(13)11(18-10(5)16)17-9-7(14)2-1-3-8(9)15/h1-4H,(H3,16,17,18). The predicted octanol–water partition coefficient (Wildman–Crippen LogP) is 3.99. The van der Waals surface area contributed by atoms with Crippen LogP contribution in [0.3, 0.4) is 0 Å². The van der Waals surface area contributed by atoms with Gasteiger partial charge in [-0.2, -0.15) is 0 Å². The molecule has 0 bridgehead atoms. The third-order valence-corrected chi connectivity index (χ3v) is 2.75. The second-order valence-corrected chi connectivity index (χ2v) is 4.22. The van der Waals surface area contributed by atoms with E-state index in [1.807, 2.05) is 0 Å². The van der Waals surface area contributed by atoms with Crippen LogP contribution in [-0.2, 0) is 0 Å². The van der Waals surface area contributed by atoms with Gasteiger partial charge in [0.2, 0.25) is 0 Å². The van der Waals surface area contributed by atoms with Crippen LogP contribution in [0.15, 0.2) is 24.3 Å². The topological polar surface area (TPSA) is 50.9 Å². The third kappa shape index (κ3) is 2.47. The molecule has 0 saturated carbocycles. The number of nitrogens with two attached hydrogens (primary N) is 1. The fourth-order valence-electron chi connectivity index (χ4n) is 1.30. The van der Waals surface area contributed by atoms with Gasteiger partial charge in [0.15, 0.2) is 5.82 Å². The van der Waals surface area contributed by atoms with Crippen molar-refractivity contribution < 1.29 is 8.78 Å². The van der Waals surface area contributed by atoms with Crippen LogP contribution in [0, 0.1) is 11.6 Å². The third-order valence-electron chi connectivity index (χ3n) is 2.16. The molecule has 3 N–H and O–H groups in total. The zero-order valence-electron chi connectivity index (χ0n) is 8.85. The van der Waals surface area contributed by atoms with E-state index in [0.717, 1.165) is 12.1 Å². The Morgan fingerprint density at radius 1 is 1.11 bits per heavy atom. The second-order valence-electron chi connectivity index (χ2n) is 3.41. The van der Waals surface area contributed by atoms with Crippen molar-refractivity contribution in [1.29, 1.82) is 0 Å². The molecule has 2 rings (SSSR count). The van der Waals surface area contributed by atoms with Gasteiger partial charge in [-0.3, -0.25) is 0 Å². The molecule has 1 aromatic heterocycles. The summed E-state index contributed by atoms with van der Waals surface area (Å²) in [6, 6.07) is 4.81. The van der Waals surface area contributed by atoms with E-state index >= 15 is 0 Å². The van der Waals surface area contributed by atoms with Crippen molar-refractivity contribution in [1.82, 2.24) is 4.98 Å². The summed E-state index contributed by atoms with van der Waals surface area (Å²) < 4.78 is 26.8. The molecule has 0 atom stereocenters. The number of nitrogen functional groups attached to an aromatic ring is 1. The molecule has 7 heteroatoms. The molecule has 18 heavy (non-hydrogen) atoms. The molecule has 0 saturated heterocycles. The quantitative estimate of drug-likeness (QED) is 0.879. The van der Waals surface area contributed by atoms with Crippen molar-refractivity contribution in [2.75, 3.05) is 11.1 Å². The highest BCUT2D eigenvalue weighted by atomic mass is 35.5. The zero-order chi connectivity index (χ0) is 13.3. The van der Waals surface area contributed by atoms with E-state index in [4.69, 9.17) is 28.9 Å². The summed E-state index contributed by atoms with van der Waals surface area (Å²) in [7, 11) is 0. The SMILES string of the molecule is Nc1nc(Nc2c(F)cccc2F)c(Cl)cc1Cl. The Kier molecular flexibility index (Phi) is 3.54. The van der Waals surface area contributed by atoms with Gasteiger partial charge in [0, 0.05) is 0 Å². The Hall–Kier alpha value is -1.59. The van der Waals surface area contributed by atoms with Gasteiger partial charge in [0.05, 0.1) is 10.0 Å². The molecule has 2 aromatic rings. The first-order chi connectivity index (χ1) is 8.49. The van der Waals surface area contributed by atoms with Crippen LogP contribution in [0.4, 0.5) is 26.1 Å². The largest absolute Gasteiger partial charge is 0.382 e. The Morgan fingerprint density at radius 3 is 2.33 bits per heavy atom. The molecular weight excluding hydrogens is 283 g/mol. The highest BCUT2D eigenvalue weighted by molar-refractivity contribution is 6.37. The lowest BCUT2D eigenvalue weighted by molar-refractivity contribution is 0.590. The Morgan fingerprint density at radius 2 is 1.72 bits per heavy atom. The second kappa shape index (κ2) is 4.96. The van der Waals surface area contributed by atoms with Crippen molar-refractivity contribution >= 4 is 40.5 Å². The number of hydrogen-bond acceptors (Lipinski definition) is 3. The Bertz CT molecular complexity index is 585. The summed E-state index contributed by atoms with van der Waals surface area (Å²) in [5.41, 5.74) is 5.14. The monoisotopic (exact) mass is 289 g/mol. The average molecular weight is 290 g/mol. The summed E-state index contributed by atoms with van der Waals surface area (Å²) in [5.74, 6) is -1.48. The maximum absolute atomic E-state index is 13.4. The van der Waals surface area contributed by atoms with Gasteiger partial charge in [0.1, 0.15) is 23.1 Å². The number of benzene rings is 1. The van der Waals surface area contributed by atoms with Crippen LogP contribution in [0.2, 0.25) is 10.0 Å². The van der Waals surface area contributed by atoms with E-state index in [2.05, 4.69) is 10.3 Å². The van der Waals surface area contributed by atoms with Gasteiger partial charge >= 0.3 is 0 Å². The molecule has 0 amide bonds. The van der Waals surface area contributed by atoms with Gasteiger partial charge in [-0.05, 0) is 18.2 Å². The van der Waals surface area contributed by atoms with Crippen LogP contribution in [0.5, 0.6) is 0 Å². The fourth-order valence-corrected chi connectivity index (χ4v) is 1.71. The van der Waals surface area contributed by atoms with Crippen molar-refractivity contribution in [3.8, 4) is 0 Å². The van der Waals surface area contributed by atoms with E-state index in [-0.39, 0.29) is 27.4 Å².